The number of piperidine rings is 2. The van der Waals surface area contributed by atoms with Crippen molar-refractivity contribution < 1.29 is 19.7 Å². The lowest BCUT2D eigenvalue weighted by molar-refractivity contribution is 0.0689. The van der Waals surface area contributed by atoms with Crippen LogP contribution in [0.2, 0.25) is 0 Å². The molecule has 3 unspecified atom stereocenters. The van der Waals surface area contributed by atoms with Gasteiger partial charge in [0.2, 0.25) is 17.8 Å². The summed E-state index contributed by atoms with van der Waals surface area (Å²) < 4.78 is 5.08. The van der Waals surface area contributed by atoms with Crippen LogP contribution >= 0.6 is 0 Å². The third-order valence-corrected chi connectivity index (χ3v) is 7.81. The van der Waals surface area contributed by atoms with Gasteiger partial charge in [0.1, 0.15) is 11.5 Å². The molecule has 1 aromatic carbocycles. The number of rotatable bonds is 7. The number of aromatic nitrogens is 3. The first kappa shape index (κ1) is 26.3. The lowest BCUT2D eigenvalue weighted by atomic mass is 9.88. The van der Waals surface area contributed by atoms with Gasteiger partial charge >= 0.3 is 0 Å². The van der Waals surface area contributed by atoms with Gasteiger partial charge in [-0.25, -0.2) is 0 Å². The zero-order valence-corrected chi connectivity index (χ0v) is 22.1. The molecule has 4 N–H and O–H groups in total. The molecule has 0 bridgehead atoms. The number of benzene rings is 1. The predicted molar refractivity (Wildman–Crippen MR) is 145 cm³/mol. The molecule has 1 saturated carbocycles. The number of phenols is 1. The molecule has 11 nitrogen and oxygen atoms in total. The van der Waals surface area contributed by atoms with Crippen LogP contribution in [0.15, 0.2) is 18.2 Å². The second-order valence-corrected chi connectivity index (χ2v) is 10.5. The van der Waals surface area contributed by atoms with Gasteiger partial charge in [-0.2, -0.15) is 15.0 Å². The molecule has 2 saturated heterocycles. The van der Waals surface area contributed by atoms with Crippen LogP contribution in [0.5, 0.6) is 11.5 Å². The van der Waals surface area contributed by atoms with Crippen LogP contribution in [0.1, 0.15) is 68.1 Å². The monoisotopic (exact) mass is 525 g/mol. The standard InChI is InChI=1S/C27H39N7O4/c1-38-19-9-10-20(22(35)17-19)24(37)29-21-11-8-18(16-23(21)36)28-25-30-26(33-12-4-2-5-13-33)32-27(31-25)34-14-6-3-7-15-34/h9-10,17-18,21,23,35-36H,2-8,11-16H2,1H3,(H,29,37)(H,28,30,31,32). The molecular formula is C27H39N7O4. The average molecular weight is 526 g/mol. The van der Waals surface area contributed by atoms with Gasteiger partial charge in [-0.15, -0.1) is 0 Å². The number of amides is 1. The number of hydrogen-bond acceptors (Lipinski definition) is 10. The lowest BCUT2D eigenvalue weighted by Crippen LogP contribution is -2.49. The summed E-state index contributed by atoms with van der Waals surface area (Å²) in [4.78, 5) is 31.7. The van der Waals surface area contributed by atoms with Gasteiger partial charge in [0.05, 0.1) is 24.8 Å². The fourth-order valence-electron chi connectivity index (χ4n) is 5.59. The highest BCUT2D eigenvalue weighted by molar-refractivity contribution is 5.97. The third-order valence-electron chi connectivity index (χ3n) is 7.81. The Morgan fingerprint density at radius 3 is 2.13 bits per heavy atom. The van der Waals surface area contributed by atoms with Crippen molar-refractivity contribution in [3.63, 3.8) is 0 Å². The van der Waals surface area contributed by atoms with E-state index < -0.39 is 18.1 Å². The number of nitrogens with one attached hydrogen (secondary N) is 2. The van der Waals surface area contributed by atoms with Crippen LogP contribution in [0.25, 0.3) is 0 Å². The lowest BCUT2D eigenvalue weighted by Gasteiger charge is -2.34. The van der Waals surface area contributed by atoms with E-state index >= 15 is 0 Å². The maximum absolute atomic E-state index is 12.8. The van der Waals surface area contributed by atoms with E-state index in [1.54, 1.807) is 6.07 Å². The Kier molecular flexibility index (Phi) is 8.31. The molecule has 2 aliphatic heterocycles. The molecule has 2 aromatic rings. The molecule has 1 aliphatic carbocycles. The predicted octanol–water partition coefficient (Wildman–Crippen LogP) is 2.69. The normalized spacial score (nSPS) is 24.1. The molecule has 5 rings (SSSR count). The smallest absolute Gasteiger partial charge is 0.255 e. The molecule has 1 aromatic heterocycles. The Bertz CT molecular complexity index is 1070. The Balaban J connectivity index is 1.24. The number of nitrogens with zero attached hydrogens (tertiary/aromatic N) is 5. The molecule has 0 spiro atoms. The molecule has 206 valence electrons. The summed E-state index contributed by atoms with van der Waals surface area (Å²) in [6.07, 6.45) is 8.08. The van der Waals surface area contributed by atoms with Crippen molar-refractivity contribution in [2.75, 3.05) is 48.4 Å². The van der Waals surface area contributed by atoms with E-state index in [2.05, 4.69) is 20.4 Å². The number of carbonyl (C=O) groups is 1. The minimum atomic E-state index is -0.740. The number of aromatic hydroxyl groups is 1. The SMILES string of the molecule is COc1ccc(C(=O)NC2CCC(Nc3nc(N4CCCCC4)nc(N4CCCCC4)n3)CC2O)c(O)c1. The van der Waals surface area contributed by atoms with Crippen LogP contribution in [0.4, 0.5) is 17.8 Å². The van der Waals surface area contributed by atoms with Gasteiger partial charge in [0.25, 0.3) is 5.91 Å². The zero-order valence-electron chi connectivity index (χ0n) is 22.1. The van der Waals surface area contributed by atoms with E-state index in [-0.39, 0.29) is 17.4 Å². The van der Waals surface area contributed by atoms with Gasteiger partial charge in [0.15, 0.2) is 0 Å². The van der Waals surface area contributed by atoms with E-state index in [0.717, 1.165) is 70.2 Å². The minimum Gasteiger partial charge on any atom is -0.507 e. The summed E-state index contributed by atoms with van der Waals surface area (Å²) in [5, 5.41) is 27.4. The first-order valence-corrected chi connectivity index (χ1v) is 13.9. The van der Waals surface area contributed by atoms with Crippen LogP contribution < -0.4 is 25.2 Å². The molecule has 11 heteroatoms. The topological polar surface area (TPSA) is 136 Å². The largest absolute Gasteiger partial charge is 0.507 e. The fourth-order valence-corrected chi connectivity index (χ4v) is 5.59. The van der Waals surface area contributed by atoms with Crippen LogP contribution in [-0.4, -0.2) is 82.5 Å². The van der Waals surface area contributed by atoms with Gasteiger partial charge in [-0.05, 0) is 69.9 Å². The van der Waals surface area contributed by atoms with Gasteiger partial charge in [0, 0.05) is 38.3 Å². The highest BCUT2D eigenvalue weighted by Crippen LogP contribution is 2.27. The summed E-state index contributed by atoms with van der Waals surface area (Å²) in [7, 11) is 1.50. The van der Waals surface area contributed by atoms with Crippen LogP contribution in [0.3, 0.4) is 0 Å². The summed E-state index contributed by atoms with van der Waals surface area (Å²) in [5.41, 5.74) is 0.152. The van der Waals surface area contributed by atoms with Crippen molar-refractivity contribution in [3.8, 4) is 11.5 Å². The molecule has 3 aliphatic rings. The summed E-state index contributed by atoms with van der Waals surface area (Å²) in [6, 6.07) is 4.10. The number of ether oxygens (including phenoxy) is 1. The summed E-state index contributed by atoms with van der Waals surface area (Å²) in [6.45, 7) is 3.82. The Morgan fingerprint density at radius 1 is 0.947 bits per heavy atom. The molecule has 38 heavy (non-hydrogen) atoms. The quantitative estimate of drug-likeness (QED) is 0.427. The van der Waals surface area contributed by atoms with E-state index in [4.69, 9.17) is 19.7 Å². The van der Waals surface area contributed by atoms with E-state index in [1.165, 1.54) is 32.1 Å². The maximum Gasteiger partial charge on any atom is 0.255 e. The Hall–Kier alpha value is -3.34. The molecule has 0 radical (unpaired) electrons. The first-order chi connectivity index (χ1) is 18.5. The van der Waals surface area contributed by atoms with Crippen molar-refractivity contribution in [2.45, 2.75) is 76.0 Å². The van der Waals surface area contributed by atoms with Gasteiger partial charge in [-0.3, -0.25) is 4.79 Å². The van der Waals surface area contributed by atoms with Crippen molar-refractivity contribution in [1.82, 2.24) is 20.3 Å². The molecule has 3 atom stereocenters. The number of methoxy groups -OCH3 is 1. The Morgan fingerprint density at radius 2 is 1.58 bits per heavy atom. The minimum absolute atomic E-state index is 0.0293. The summed E-state index contributed by atoms with van der Waals surface area (Å²) >= 11 is 0. The number of carbonyl (C=O) groups excluding carboxylic acids is 1. The second-order valence-electron chi connectivity index (χ2n) is 10.5. The van der Waals surface area contributed by atoms with Gasteiger partial charge < -0.3 is 35.4 Å². The van der Waals surface area contributed by atoms with Crippen molar-refractivity contribution >= 4 is 23.8 Å². The molecule has 3 heterocycles. The third kappa shape index (κ3) is 6.20. The molecular weight excluding hydrogens is 486 g/mol. The van der Waals surface area contributed by atoms with E-state index in [0.29, 0.717) is 24.5 Å². The first-order valence-electron chi connectivity index (χ1n) is 13.9. The summed E-state index contributed by atoms with van der Waals surface area (Å²) in [5.74, 6) is 1.89. The zero-order chi connectivity index (χ0) is 26.5. The van der Waals surface area contributed by atoms with Gasteiger partial charge in [-0.1, -0.05) is 0 Å². The van der Waals surface area contributed by atoms with E-state index in [1.807, 2.05) is 0 Å². The maximum atomic E-state index is 12.8. The number of aliphatic hydroxyl groups excluding tert-OH is 1. The Labute approximate surface area is 223 Å². The number of aliphatic hydroxyl groups is 1. The second kappa shape index (κ2) is 12.0. The fraction of sp³-hybridized carbons (Fsp3) is 0.630. The molecule has 3 fully saturated rings. The van der Waals surface area contributed by atoms with Crippen LogP contribution in [-0.2, 0) is 0 Å². The van der Waals surface area contributed by atoms with Crippen molar-refractivity contribution in [2.24, 2.45) is 0 Å². The van der Waals surface area contributed by atoms with E-state index in [9.17, 15) is 15.0 Å². The van der Waals surface area contributed by atoms with Crippen molar-refractivity contribution in [3.05, 3.63) is 23.8 Å². The van der Waals surface area contributed by atoms with Crippen molar-refractivity contribution in [1.29, 1.82) is 0 Å². The average Bonchev–Trinajstić information content (AvgIpc) is 2.95. The molecule has 1 amide bonds. The highest BCUT2D eigenvalue weighted by atomic mass is 16.5. The highest BCUT2D eigenvalue weighted by Gasteiger charge is 2.32. The number of anilines is 3. The number of phenolic OH excluding ortho intramolecular Hbond substituents is 1. The van der Waals surface area contributed by atoms with Crippen LogP contribution in [0, 0.1) is 0 Å². The number of hydrogen-bond donors (Lipinski definition) is 4.